The van der Waals surface area contributed by atoms with Crippen molar-refractivity contribution >= 4 is 50.1 Å². The van der Waals surface area contributed by atoms with Gasteiger partial charge in [-0.3, -0.25) is 4.79 Å². The lowest BCUT2D eigenvalue weighted by atomic mass is 10.0. The van der Waals surface area contributed by atoms with Crippen molar-refractivity contribution in [2.75, 3.05) is 18.5 Å². The Morgan fingerprint density at radius 2 is 2.29 bits per heavy atom. The number of halogens is 2. The van der Waals surface area contributed by atoms with Crippen LogP contribution in [0.25, 0.3) is 0 Å². The number of nitrogens with one attached hydrogen (secondary N) is 1. The molecule has 3 N–H and O–H groups in total. The average Bonchev–Trinajstić information content (AvgIpc) is 2.70. The SMILES string of the molecule is NC1COCC1C(=O)Nc1ccc(I)c(Br)c1. The van der Waals surface area contributed by atoms with Gasteiger partial charge in [0.2, 0.25) is 5.91 Å². The Morgan fingerprint density at radius 1 is 1.53 bits per heavy atom. The summed E-state index contributed by atoms with van der Waals surface area (Å²) in [6, 6.07) is 5.47. The van der Waals surface area contributed by atoms with E-state index >= 15 is 0 Å². The van der Waals surface area contributed by atoms with E-state index in [0.717, 1.165) is 13.7 Å². The predicted molar refractivity (Wildman–Crippen MR) is 77.8 cm³/mol. The molecule has 1 aliphatic heterocycles. The number of amides is 1. The van der Waals surface area contributed by atoms with Gasteiger partial charge in [0.15, 0.2) is 0 Å². The van der Waals surface area contributed by atoms with Crippen molar-refractivity contribution in [2.24, 2.45) is 11.7 Å². The first-order chi connectivity index (χ1) is 8.08. The van der Waals surface area contributed by atoms with Gasteiger partial charge in [-0.25, -0.2) is 0 Å². The third-order valence-corrected chi connectivity index (χ3v) is 4.99. The van der Waals surface area contributed by atoms with E-state index in [1.165, 1.54) is 0 Å². The molecule has 0 radical (unpaired) electrons. The van der Waals surface area contributed by atoms with Crippen molar-refractivity contribution in [3.63, 3.8) is 0 Å². The molecule has 1 aromatic rings. The molecule has 2 unspecified atom stereocenters. The molecule has 92 valence electrons. The number of nitrogens with two attached hydrogens (primary N) is 1. The van der Waals surface area contributed by atoms with Crippen LogP contribution in [0, 0.1) is 9.49 Å². The Hall–Kier alpha value is -0.180. The maximum Gasteiger partial charge on any atom is 0.231 e. The van der Waals surface area contributed by atoms with Gasteiger partial charge in [0.25, 0.3) is 0 Å². The second kappa shape index (κ2) is 5.64. The molecule has 1 fully saturated rings. The second-order valence-electron chi connectivity index (χ2n) is 3.93. The highest BCUT2D eigenvalue weighted by molar-refractivity contribution is 14.1. The van der Waals surface area contributed by atoms with Crippen LogP contribution in [0.3, 0.4) is 0 Å². The number of ether oxygens (including phenoxy) is 1. The molecule has 1 saturated heterocycles. The molecular weight excluding hydrogens is 399 g/mol. The van der Waals surface area contributed by atoms with Crippen LogP contribution in [0.15, 0.2) is 22.7 Å². The van der Waals surface area contributed by atoms with E-state index in [2.05, 4.69) is 43.8 Å². The van der Waals surface area contributed by atoms with E-state index in [-0.39, 0.29) is 17.9 Å². The summed E-state index contributed by atoms with van der Waals surface area (Å²) in [6.45, 7) is 0.854. The van der Waals surface area contributed by atoms with Crippen molar-refractivity contribution in [3.05, 3.63) is 26.2 Å². The molecule has 1 heterocycles. The van der Waals surface area contributed by atoms with Crippen molar-refractivity contribution in [1.82, 2.24) is 0 Å². The van der Waals surface area contributed by atoms with Crippen molar-refractivity contribution < 1.29 is 9.53 Å². The van der Waals surface area contributed by atoms with Crippen LogP contribution in [-0.4, -0.2) is 25.2 Å². The minimum Gasteiger partial charge on any atom is -0.379 e. The highest BCUT2D eigenvalue weighted by Crippen LogP contribution is 2.23. The van der Waals surface area contributed by atoms with Gasteiger partial charge < -0.3 is 15.8 Å². The normalized spacial score (nSPS) is 23.7. The Morgan fingerprint density at radius 3 is 2.88 bits per heavy atom. The zero-order valence-electron chi connectivity index (χ0n) is 8.95. The fourth-order valence-electron chi connectivity index (χ4n) is 1.65. The Labute approximate surface area is 122 Å². The van der Waals surface area contributed by atoms with Crippen LogP contribution in [0.2, 0.25) is 0 Å². The number of carbonyl (C=O) groups is 1. The molecule has 1 aliphatic rings. The standard InChI is InChI=1S/C11H12BrIN2O2/c12-8-3-6(1-2-9(8)13)15-11(16)7-4-17-5-10(7)14/h1-3,7,10H,4-5,14H2,(H,15,16). The number of carbonyl (C=O) groups excluding carboxylic acids is 1. The van der Waals surface area contributed by atoms with Gasteiger partial charge in [-0.05, 0) is 56.7 Å². The zero-order chi connectivity index (χ0) is 12.4. The molecule has 0 spiro atoms. The molecule has 1 aromatic carbocycles. The lowest BCUT2D eigenvalue weighted by Crippen LogP contribution is -2.37. The van der Waals surface area contributed by atoms with Crippen molar-refractivity contribution in [1.29, 1.82) is 0 Å². The average molecular weight is 411 g/mol. The fourth-order valence-corrected chi connectivity index (χ4v) is 2.36. The largest absolute Gasteiger partial charge is 0.379 e. The molecule has 17 heavy (non-hydrogen) atoms. The molecule has 0 bridgehead atoms. The minimum atomic E-state index is -0.256. The summed E-state index contributed by atoms with van der Waals surface area (Å²) >= 11 is 5.64. The Bertz CT molecular complexity index is 441. The van der Waals surface area contributed by atoms with E-state index in [1.54, 1.807) is 0 Å². The van der Waals surface area contributed by atoms with Gasteiger partial charge in [0.05, 0.1) is 19.1 Å². The summed E-state index contributed by atoms with van der Waals surface area (Å²) in [4.78, 5) is 11.9. The van der Waals surface area contributed by atoms with Gasteiger partial charge in [0.1, 0.15) is 0 Å². The number of hydrogen-bond acceptors (Lipinski definition) is 3. The summed E-state index contributed by atoms with van der Waals surface area (Å²) in [5.41, 5.74) is 6.56. The minimum absolute atomic E-state index is 0.0805. The van der Waals surface area contributed by atoms with Crippen LogP contribution in [-0.2, 0) is 9.53 Å². The number of benzene rings is 1. The smallest absolute Gasteiger partial charge is 0.231 e. The highest BCUT2D eigenvalue weighted by atomic mass is 127. The number of anilines is 1. The summed E-state index contributed by atoms with van der Waals surface area (Å²) in [5.74, 6) is -0.337. The van der Waals surface area contributed by atoms with Crippen LogP contribution in [0.4, 0.5) is 5.69 Å². The summed E-state index contributed by atoms with van der Waals surface area (Å²) in [5, 5.41) is 2.85. The lowest BCUT2D eigenvalue weighted by Gasteiger charge is -2.13. The monoisotopic (exact) mass is 410 g/mol. The van der Waals surface area contributed by atoms with Gasteiger partial charge >= 0.3 is 0 Å². The van der Waals surface area contributed by atoms with Crippen LogP contribution in [0.5, 0.6) is 0 Å². The number of hydrogen-bond donors (Lipinski definition) is 2. The molecule has 2 rings (SSSR count). The van der Waals surface area contributed by atoms with E-state index in [1.807, 2.05) is 18.2 Å². The Kier molecular flexibility index (Phi) is 4.40. The third-order valence-electron chi connectivity index (χ3n) is 2.65. The molecule has 0 aliphatic carbocycles. The lowest BCUT2D eigenvalue weighted by molar-refractivity contribution is -0.120. The topological polar surface area (TPSA) is 64.3 Å². The quantitative estimate of drug-likeness (QED) is 0.732. The summed E-state index contributed by atoms with van der Waals surface area (Å²) < 4.78 is 7.23. The third kappa shape index (κ3) is 3.18. The van der Waals surface area contributed by atoms with Crippen molar-refractivity contribution in [2.45, 2.75) is 6.04 Å². The number of rotatable bonds is 2. The van der Waals surface area contributed by atoms with Crippen molar-refractivity contribution in [3.8, 4) is 0 Å². The maximum absolute atomic E-state index is 11.9. The van der Waals surface area contributed by atoms with Crippen LogP contribution < -0.4 is 11.1 Å². The molecule has 0 saturated carbocycles. The fraction of sp³-hybridized carbons (Fsp3) is 0.364. The van der Waals surface area contributed by atoms with E-state index in [4.69, 9.17) is 10.5 Å². The van der Waals surface area contributed by atoms with E-state index in [9.17, 15) is 4.79 Å². The predicted octanol–water partition coefficient (Wildman–Crippen LogP) is 1.97. The molecule has 0 aromatic heterocycles. The molecular formula is C11H12BrIN2O2. The van der Waals surface area contributed by atoms with Gasteiger partial charge in [-0.2, -0.15) is 0 Å². The van der Waals surface area contributed by atoms with Gasteiger partial charge in [-0.1, -0.05) is 0 Å². The molecule has 6 heteroatoms. The second-order valence-corrected chi connectivity index (χ2v) is 5.94. The zero-order valence-corrected chi connectivity index (χ0v) is 12.7. The van der Waals surface area contributed by atoms with Crippen LogP contribution in [0.1, 0.15) is 0 Å². The highest BCUT2D eigenvalue weighted by Gasteiger charge is 2.31. The maximum atomic E-state index is 11.9. The van der Waals surface area contributed by atoms with E-state index < -0.39 is 0 Å². The Balaban J connectivity index is 2.05. The first kappa shape index (κ1) is 13.3. The van der Waals surface area contributed by atoms with Crippen LogP contribution >= 0.6 is 38.5 Å². The first-order valence-electron chi connectivity index (χ1n) is 5.17. The van der Waals surface area contributed by atoms with E-state index in [0.29, 0.717) is 13.2 Å². The van der Waals surface area contributed by atoms with Gasteiger partial charge in [-0.15, -0.1) is 0 Å². The molecule has 4 nitrogen and oxygen atoms in total. The first-order valence-corrected chi connectivity index (χ1v) is 7.04. The van der Waals surface area contributed by atoms with Gasteiger partial charge in [0, 0.05) is 19.8 Å². The molecule has 2 atom stereocenters. The summed E-state index contributed by atoms with van der Waals surface area (Å²) in [7, 11) is 0. The molecule has 1 amide bonds. The summed E-state index contributed by atoms with van der Waals surface area (Å²) in [6.07, 6.45) is 0.